The van der Waals surface area contributed by atoms with Gasteiger partial charge < -0.3 is 10.4 Å². The lowest BCUT2D eigenvalue weighted by Gasteiger charge is -2.39. The Morgan fingerprint density at radius 1 is 0.864 bits per heavy atom. The molecule has 0 radical (unpaired) electrons. The van der Waals surface area contributed by atoms with Gasteiger partial charge in [0.15, 0.2) is 0 Å². The van der Waals surface area contributed by atoms with Crippen molar-refractivity contribution in [1.29, 1.82) is 0 Å². The van der Waals surface area contributed by atoms with Crippen LogP contribution in [0.5, 0.6) is 5.75 Å². The average molecular weight is 295 g/mol. The molecule has 2 aromatic carbocycles. The van der Waals surface area contributed by atoms with E-state index in [1.54, 1.807) is 12.1 Å². The van der Waals surface area contributed by atoms with Gasteiger partial charge in [0.05, 0.1) is 0 Å². The molecule has 1 fully saturated rings. The summed E-state index contributed by atoms with van der Waals surface area (Å²) < 4.78 is 0. The molecular weight excluding hydrogens is 274 g/mol. The number of hydrogen-bond acceptors (Lipinski definition) is 3. The molecule has 0 aliphatic carbocycles. The van der Waals surface area contributed by atoms with Gasteiger partial charge in [0.25, 0.3) is 0 Å². The first-order valence-corrected chi connectivity index (χ1v) is 7.72. The smallest absolute Gasteiger partial charge is 0.142 e. The summed E-state index contributed by atoms with van der Waals surface area (Å²) in [6, 6.07) is 17.1. The van der Waals surface area contributed by atoms with Crippen LogP contribution in [0.2, 0.25) is 0 Å². The van der Waals surface area contributed by atoms with E-state index in [9.17, 15) is 9.90 Å². The molecule has 3 nitrogen and oxygen atoms in total. The Bertz CT molecular complexity index is 668. The van der Waals surface area contributed by atoms with E-state index < -0.39 is 0 Å². The summed E-state index contributed by atoms with van der Waals surface area (Å²) in [5, 5.41) is 13.7. The number of piperidine rings is 1. The molecule has 2 aromatic rings. The molecule has 4 unspecified atom stereocenters. The number of benzene rings is 2. The Kier molecular flexibility index (Phi) is 3.99. The highest BCUT2D eigenvalue weighted by Gasteiger charge is 2.40. The predicted molar refractivity (Wildman–Crippen MR) is 86.5 cm³/mol. The quantitative estimate of drug-likeness (QED) is 0.889. The third kappa shape index (κ3) is 2.53. The largest absolute Gasteiger partial charge is 0.508 e. The van der Waals surface area contributed by atoms with Gasteiger partial charge in [-0.15, -0.1) is 0 Å². The lowest BCUT2D eigenvalue weighted by Crippen LogP contribution is -2.46. The van der Waals surface area contributed by atoms with Crippen molar-refractivity contribution in [3.05, 3.63) is 65.7 Å². The molecule has 0 bridgehead atoms. The molecule has 1 aliphatic rings. The van der Waals surface area contributed by atoms with E-state index in [-0.39, 0.29) is 35.5 Å². The van der Waals surface area contributed by atoms with Crippen molar-refractivity contribution < 1.29 is 9.90 Å². The zero-order valence-corrected chi connectivity index (χ0v) is 12.9. The van der Waals surface area contributed by atoms with Crippen molar-refractivity contribution in [2.45, 2.75) is 25.9 Å². The van der Waals surface area contributed by atoms with E-state index in [2.05, 4.69) is 5.32 Å². The Hall–Kier alpha value is -2.13. The van der Waals surface area contributed by atoms with Gasteiger partial charge in [-0.3, -0.25) is 4.79 Å². The number of nitrogens with one attached hydrogen (secondary N) is 1. The number of phenolic OH excluding ortho intramolecular Hbond substituents is 1. The highest BCUT2D eigenvalue weighted by atomic mass is 16.3. The van der Waals surface area contributed by atoms with Crippen LogP contribution in [0.4, 0.5) is 0 Å². The minimum absolute atomic E-state index is 0.0329. The number of aromatic hydroxyl groups is 1. The van der Waals surface area contributed by atoms with Crippen molar-refractivity contribution in [1.82, 2.24) is 5.32 Å². The van der Waals surface area contributed by atoms with Crippen LogP contribution in [0, 0.1) is 11.8 Å². The highest BCUT2D eigenvalue weighted by molar-refractivity contribution is 5.85. The van der Waals surface area contributed by atoms with Crippen LogP contribution in [-0.2, 0) is 4.79 Å². The first-order chi connectivity index (χ1) is 10.6. The van der Waals surface area contributed by atoms with Crippen LogP contribution in [0.3, 0.4) is 0 Å². The maximum absolute atomic E-state index is 12.7. The fourth-order valence-electron chi connectivity index (χ4n) is 3.38. The molecule has 0 aromatic heterocycles. The number of rotatable bonds is 2. The third-order valence-corrected chi connectivity index (χ3v) is 4.69. The molecule has 3 rings (SSSR count). The summed E-state index contributed by atoms with van der Waals surface area (Å²) in [6.45, 7) is 3.91. The molecule has 114 valence electrons. The monoisotopic (exact) mass is 295 g/mol. The number of carbonyl (C=O) groups excluding carboxylic acids is 1. The summed E-state index contributed by atoms with van der Waals surface area (Å²) in [5.74, 6) is 0.227. The number of para-hydroxylation sites is 1. The molecule has 0 amide bonds. The molecule has 1 aliphatic heterocycles. The zero-order valence-electron chi connectivity index (χ0n) is 12.9. The molecule has 3 heteroatoms. The normalized spacial score (nSPS) is 28.5. The Morgan fingerprint density at radius 2 is 1.45 bits per heavy atom. The first-order valence-electron chi connectivity index (χ1n) is 7.72. The van der Waals surface area contributed by atoms with E-state index in [0.717, 1.165) is 11.1 Å². The standard InChI is InChI=1S/C19H21NO2/c1-12-17(14-8-4-3-5-9-14)20-18(13(2)19(12)22)15-10-6-7-11-16(15)21/h3-13,17-18,20-21H,1-2H3. The zero-order chi connectivity index (χ0) is 15.7. The van der Waals surface area contributed by atoms with Gasteiger partial charge in [-0.2, -0.15) is 0 Å². The van der Waals surface area contributed by atoms with Gasteiger partial charge in [-0.25, -0.2) is 0 Å². The topological polar surface area (TPSA) is 49.3 Å². The van der Waals surface area contributed by atoms with E-state index in [1.165, 1.54) is 0 Å². The molecule has 4 atom stereocenters. The molecule has 0 saturated carbocycles. The fraction of sp³-hybridized carbons (Fsp3) is 0.316. The molecule has 2 N–H and O–H groups in total. The molecule has 22 heavy (non-hydrogen) atoms. The minimum Gasteiger partial charge on any atom is -0.508 e. The molecule has 0 spiro atoms. The van der Waals surface area contributed by atoms with Crippen LogP contribution in [0.1, 0.15) is 37.1 Å². The summed E-state index contributed by atoms with van der Waals surface area (Å²) in [7, 11) is 0. The maximum Gasteiger partial charge on any atom is 0.142 e. The third-order valence-electron chi connectivity index (χ3n) is 4.69. The summed E-state index contributed by atoms with van der Waals surface area (Å²) >= 11 is 0. The molecular formula is C19H21NO2. The Morgan fingerprint density at radius 3 is 2.14 bits per heavy atom. The highest BCUT2D eigenvalue weighted by Crippen LogP contribution is 2.40. The van der Waals surface area contributed by atoms with Gasteiger partial charge in [0.2, 0.25) is 0 Å². The number of hydrogen-bond donors (Lipinski definition) is 2. The predicted octanol–water partition coefficient (Wildman–Crippen LogP) is 3.62. The second-order valence-electron chi connectivity index (χ2n) is 6.07. The van der Waals surface area contributed by atoms with Gasteiger partial charge in [-0.05, 0) is 11.6 Å². The van der Waals surface area contributed by atoms with E-state index in [1.807, 2.05) is 56.3 Å². The Balaban J connectivity index is 1.98. The lowest BCUT2D eigenvalue weighted by molar-refractivity contribution is -0.130. The number of phenols is 1. The number of ketones is 1. The Labute approximate surface area is 131 Å². The molecule has 1 heterocycles. The SMILES string of the molecule is CC1C(=O)C(C)C(c2ccccc2O)NC1c1ccccc1. The summed E-state index contributed by atoms with van der Waals surface area (Å²) in [6.07, 6.45) is 0. The van der Waals surface area contributed by atoms with Crippen LogP contribution in [0.25, 0.3) is 0 Å². The van der Waals surface area contributed by atoms with E-state index >= 15 is 0 Å². The maximum atomic E-state index is 12.7. The molecule has 1 saturated heterocycles. The number of carbonyl (C=O) groups is 1. The lowest BCUT2D eigenvalue weighted by atomic mass is 9.76. The fourth-order valence-corrected chi connectivity index (χ4v) is 3.38. The van der Waals surface area contributed by atoms with Gasteiger partial charge in [-0.1, -0.05) is 62.4 Å². The van der Waals surface area contributed by atoms with Crippen molar-refractivity contribution in [2.24, 2.45) is 11.8 Å². The van der Waals surface area contributed by atoms with Crippen molar-refractivity contribution >= 4 is 5.78 Å². The van der Waals surface area contributed by atoms with Crippen molar-refractivity contribution in [3.8, 4) is 5.75 Å². The minimum atomic E-state index is -0.171. The van der Waals surface area contributed by atoms with E-state index in [0.29, 0.717) is 0 Å². The first kappa shape index (κ1) is 14.8. The van der Waals surface area contributed by atoms with Crippen molar-refractivity contribution in [3.63, 3.8) is 0 Å². The van der Waals surface area contributed by atoms with Crippen LogP contribution in [-0.4, -0.2) is 10.9 Å². The van der Waals surface area contributed by atoms with Crippen molar-refractivity contribution in [2.75, 3.05) is 0 Å². The van der Waals surface area contributed by atoms with Crippen LogP contribution >= 0.6 is 0 Å². The van der Waals surface area contributed by atoms with Crippen LogP contribution < -0.4 is 5.32 Å². The van der Waals surface area contributed by atoms with Crippen LogP contribution in [0.15, 0.2) is 54.6 Å². The average Bonchev–Trinajstić information content (AvgIpc) is 2.55. The van der Waals surface area contributed by atoms with E-state index in [4.69, 9.17) is 0 Å². The summed E-state index contributed by atoms with van der Waals surface area (Å²) in [4.78, 5) is 12.7. The second kappa shape index (κ2) is 5.93. The van der Waals surface area contributed by atoms with Gasteiger partial charge >= 0.3 is 0 Å². The van der Waals surface area contributed by atoms with Gasteiger partial charge in [0, 0.05) is 29.5 Å². The number of Topliss-reactive ketones (excluding diaryl/α,β-unsaturated/α-hetero) is 1. The second-order valence-corrected chi connectivity index (χ2v) is 6.07. The summed E-state index contributed by atoms with van der Waals surface area (Å²) in [5.41, 5.74) is 1.90. The van der Waals surface area contributed by atoms with Gasteiger partial charge in [0.1, 0.15) is 11.5 Å².